The van der Waals surface area contributed by atoms with Gasteiger partial charge in [0.15, 0.2) is 9.84 Å². The molecule has 1 aromatic rings. The molecular weight excluding hydrogens is 296 g/mol. The molecule has 120 valence electrons. The van der Waals surface area contributed by atoms with E-state index in [1.54, 1.807) is 31.6 Å². The number of rotatable bonds is 6. The Morgan fingerprint density at radius 3 is 2.67 bits per heavy atom. The molecule has 0 aromatic carbocycles. The maximum Gasteiger partial charge on any atom is 0.407 e. The first kappa shape index (κ1) is 17.4. The summed E-state index contributed by atoms with van der Waals surface area (Å²) in [6, 6.07) is 0. The molecule has 1 rings (SSSR count). The molecule has 8 nitrogen and oxygen atoms in total. The molecule has 0 atom stereocenters. The van der Waals surface area contributed by atoms with E-state index < -0.39 is 21.5 Å². The van der Waals surface area contributed by atoms with Crippen LogP contribution in [0.25, 0.3) is 0 Å². The van der Waals surface area contributed by atoms with Gasteiger partial charge in [-0.25, -0.2) is 13.2 Å². The van der Waals surface area contributed by atoms with Gasteiger partial charge in [0, 0.05) is 25.5 Å². The molecule has 1 aromatic heterocycles. The third kappa shape index (κ3) is 8.28. The van der Waals surface area contributed by atoms with Crippen molar-refractivity contribution in [3.63, 3.8) is 0 Å². The van der Waals surface area contributed by atoms with Gasteiger partial charge in [-0.3, -0.25) is 4.68 Å². The summed E-state index contributed by atoms with van der Waals surface area (Å²) >= 11 is 0. The molecule has 0 saturated carbocycles. The lowest BCUT2D eigenvalue weighted by atomic mass is 10.2. The lowest BCUT2D eigenvalue weighted by molar-refractivity contribution is 0.0526. The van der Waals surface area contributed by atoms with Crippen molar-refractivity contribution in [2.45, 2.75) is 45.1 Å². The van der Waals surface area contributed by atoms with Crippen molar-refractivity contribution >= 4 is 15.9 Å². The number of aromatic nitrogens is 3. The van der Waals surface area contributed by atoms with Gasteiger partial charge in [0.1, 0.15) is 5.60 Å². The third-order valence-corrected chi connectivity index (χ3v) is 3.05. The van der Waals surface area contributed by atoms with Crippen LogP contribution in [0.3, 0.4) is 0 Å². The van der Waals surface area contributed by atoms with E-state index in [-0.39, 0.29) is 5.75 Å². The van der Waals surface area contributed by atoms with Gasteiger partial charge in [0.05, 0.1) is 11.4 Å². The molecular formula is C12H22N4O4S. The summed E-state index contributed by atoms with van der Waals surface area (Å²) in [6.45, 7) is 6.37. The van der Waals surface area contributed by atoms with Gasteiger partial charge in [0.2, 0.25) is 0 Å². The van der Waals surface area contributed by atoms with Gasteiger partial charge in [0.25, 0.3) is 0 Å². The number of ether oxygens (including phenoxy) is 1. The largest absolute Gasteiger partial charge is 0.444 e. The first-order valence-corrected chi connectivity index (χ1v) is 8.65. The minimum absolute atomic E-state index is 0.122. The number of sulfone groups is 1. The summed E-state index contributed by atoms with van der Waals surface area (Å²) in [7, 11) is -3.11. The highest BCUT2D eigenvalue weighted by Gasteiger charge is 2.15. The molecule has 1 N–H and O–H groups in total. The zero-order valence-corrected chi connectivity index (χ0v) is 13.6. The molecule has 0 fully saturated rings. The van der Waals surface area contributed by atoms with Crippen LogP contribution in [0, 0.1) is 0 Å². The molecule has 0 unspecified atom stereocenters. The van der Waals surface area contributed by atoms with Crippen LogP contribution < -0.4 is 5.32 Å². The van der Waals surface area contributed by atoms with Crippen LogP contribution in [0.15, 0.2) is 6.20 Å². The van der Waals surface area contributed by atoms with Crippen LogP contribution in [0.5, 0.6) is 0 Å². The Kier molecular flexibility index (Phi) is 5.70. The normalized spacial score (nSPS) is 12.2. The highest BCUT2D eigenvalue weighted by atomic mass is 32.2. The molecule has 21 heavy (non-hydrogen) atoms. The fourth-order valence-corrected chi connectivity index (χ4v) is 2.20. The average molecular weight is 318 g/mol. The summed E-state index contributed by atoms with van der Waals surface area (Å²) in [6.07, 6.45) is 2.92. The average Bonchev–Trinajstić information content (AvgIpc) is 2.67. The second-order valence-corrected chi connectivity index (χ2v) is 7.97. The first-order valence-electron chi connectivity index (χ1n) is 6.59. The zero-order valence-electron chi connectivity index (χ0n) is 12.8. The fraction of sp³-hybridized carbons (Fsp3) is 0.750. The minimum Gasteiger partial charge on any atom is -0.444 e. The highest BCUT2D eigenvalue weighted by Crippen LogP contribution is 2.06. The van der Waals surface area contributed by atoms with Gasteiger partial charge in [-0.15, -0.1) is 5.10 Å². The summed E-state index contributed by atoms with van der Waals surface area (Å²) in [5.74, 6) is -0.122. The van der Waals surface area contributed by atoms with E-state index in [1.165, 1.54) is 0 Å². The highest BCUT2D eigenvalue weighted by molar-refractivity contribution is 7.89. The van der Waals surface area contributed by atoms with E-state index in [4.69, 9.17) is 4.74 Å². The van der Waals surface area contributed by atoms with Crippen LogP contribution in [-0.2, 0) is 26.9 Å². The Morgan fingerprint density at radius 2 is 2.10 bits per heavy atom. The Hall–Kier alpha value is -1.64. The number of nitrogens with one attached hydrogen (secondary N) is 1. The first-order chi connectivity index (χ1) is 9.55. The number of carbonyl (C=O) groups is 1. The van der Waals surface area contributed by atoms with Gasteiger partial charge >= 0.3 is 6.09 Å². The molecule has 0 aliphatic carbocycles. The predicted octanol–water partition coefficient (Wildman–Crippen LogP) is 0.738. The predicted molar refractivity (Wildman–Crippen MR) is 77.4 cm³/mol. The number of amides is 1. The number of hydrogen-bond acceptors (Lipinski definition) is 6. The Balaban J connectivity index is 2.29. The van der Waals surface area contributed by atoms with E-state index in [2.05, 4.69) is 15.6 Å². The molecule has 0 spiro atoms. The molecule has 1 heterocycles. The molecule has 0 aliphatic heterocycles. The number of alkyl carbamates (subject to hydrolysis) is 1. The van der Waals surface area contributed by atoms with E-state index in [0.717, 1.165) is 6.26 Å². The smallest absolute Gasteiger partial charge is 0.407 e. The number of hydrogen-bond donors (Lipinski definition) is 1. The third-order valence-electron chi connectivity index (χ3n) is 2.23. The van der Waals surface area contributed by atoms with Crippen molar-refractivity contribution in [2.75, 3.05) is 12.8 Å². The quantitative estimate of drug-likeness (QED) is 0.776. The minimum atomic E-state index is -3.11. The maximum atomic E-state index is 11.4. The molecule has 0 saturated heterocycles. The number of aryl methyl sites for hydroxylation is 1. The van der Waals surface area contributed by atoms with Gasteiger partial charge in [-0.1, -0.05) is 5.21 Å². The zero-order chi connectivity index (χ0) is 16.1. The molecule has 0 aliphatic rings. The van der Waals surface area contributed by atoms with Crippen LogP contribution in [0.1, 0.15) is 32.9 Å². The lowest BCUT2D eigenvalue weighted by Crippen LogP contribution is -2.33. The van der Waals surface area contributed by atoms with Crippen molar-refractivity contribution in [2.24, 2.45) is 0 Å². The van der Waals surface area contributed by atoms with Crippen molar-refractivity contribution in [3.05, 3.63) is 11.9 Å². The van der Waals surface area contributed by atoms with E-state index >= 15 is 0 Å². The molecule has 0 radical (unpaired) electrons. The Bertz CT molecular complexity index is 574. The second kappa shape index (κ2) is 6.88. The van der Waals surface area contributed by atoms with E-state index in [0.29, 0.717) is 25.2 Å². The summed E-state index contributed by atoms with van der Waals surface area (Å²) in [5.41, 5.74) is -0.103. The van der Waals surface area contributed by atoms with Gasteiger partial charge in [-0.2, -0.15) is 0 Å². The monoisotopic (exact) mass is 318 g/mol. The Labute approximate surface area is 124 Å². The van der Waals surface area contributed by atoms with Crippen LogP contribution >= 0.6 is 0 Å². The fourth-order valence-electron chi connectivity index (χ4n) is 1.53. The second-order valence-electron chi connectivity index (χ2n) is 5.83. The number of nitrogens with zero attached hydrogens (tertiary/aromatic N) is 3. The molecule has 9 heteroatoms. The summed E-state index contributed by atoms with van der Waals surface area (Å²) < 4.78 is 28.9. The van der Waals surface area contributed by atoms with Crippen LogP contribution in [0.2, 0.25) is 0 Å². The van der Waals surface area contributed by atoms with Crippen molar-refractivity contribution in [1.29, 1.82) is 0 Å². The number of carbonyl (C=O) groups excluding carboxylic acids is 1. The van der Waals surface area contributed by atoms with Crippen molar-refractivity contribution < 1.29 is 17.9 Å². The standard InChI is InChI=1S/C12H22N4O4S/c1-12(2,3)20-11(17)13-6-5-7-16-8-10(14-15-16)9-21(4,18)19/h8H,5-7,9H2,1-4H3,(H,13,17). The maximum absolute atomic E-state index is 11.4. The SMILES string of the molecule is CC(C)(C)OC(=O)NCCCn1cc(CS(C)(=O)=O)nn1. The van der Waals surface area contributed by atoms with Crippen LogP contribution in [-0.4, -0.2) is 47.9 Å². The van der Waals surface area contributed by atoms with Gasteiger partial charge < -0.3 is 10.1 Å². The Morgan fingerprint density at radius 1 is 1.43 bits per heavy atom. The molecule has 1 amide bonds. The van der Waals surface area contributed by atoms with Gasteiger partial charge in [-0.05, 0) is 27.2 Å². The van der Waals surface area contributed by atoms with Crippen molar-refractivity contribution in [1.82, 2.24) is 20.3 Å². The van der Waals surface area contributed by atoms with Crippen molar-refractivity contribution in [3.8, 4) is 0 Å². The molecule has 0 bridgehead atoms. The summed E-state index contributed by atoms with van der Waals surface area (Å²) in [4.78, 5) is 11.4. The van der Waals surface area contributed by atoms with E-state index in [9.17, 15) is 13.2 Å². The topological polar surface area (TPSA) is 103 Å². The van der Waals surface area contributed by atoms with Crippen LogP contribution in [0.4, 0.5) is 4.79 Å². The summed E-state index contributed by atoms with van der Waals surface area (Å²) in [5, 5.41) is 10.3. The van der Waals surface area contributed by atoms with E-state index in [1.807, 2.05) is 0 Å². The lowest BCUT2D eigenvalue weighted by Gasteiger charge is -2.19.